The molecule has 9 heteroatoms. The average Bonchev–Trinajstić information content (AvgIpc) is 3.67. The first kappa shape index (κ1) is 25.4. The van der Waals surface area contributed by atoms with Gasteiger partial charge in [0.1, 0.15) is 16.7 Å². The van der Waals surface area contributed by atoms with Crippen LogP contribution in [0.25, 0.3) is 0 Å². The van der Waals surface area contributed by atoms with Gasteiger partial charge in [-0.15, -0.1) is 0 Å². The number of hydrogen-bond donors (Lipinski definition) is 1. The van der Waals surface area contributed by atoms with Crippen molar-refractivity contribution in [3.63, 3.8) is 0 Å². The summed E-state index contributed by atoms with van der Waals surface area (Å²) in [5, 5.41) is -0.820. The lowest BCUT2D eigenvalue weighted by Gasteiger charge is -2.39. The van der Waals surface area contributed by atoms with Gasteiger partial charge in [-0.05, 0) is 84.0 Å². The largest absolute Gasteiger partial charge is 0.457 e. The van der Waals surface area contributed by atoms with Gasteiger partial charge in [0, 0.05) is 35.8 Å². The number of sulfonamides is 1. The number of amidine groups is 1. The van der Waals surface area contributed by atoms with Crippen LogP contribution in [0.3, 0.4) is 0 Å². The summed E-state index contributed by atoms with van der Waals surface area (Å²) in [6.07, 6.45) is 11.6. The summed E-state index contributed by atoms with van der Waals surface area (Å²) in [6, 6.07) is 4.22. The minimum atomic E-state index is -3.77. The van der Waals surface area contributed by atoms with Crippen molar-refractivity contribution >= 4 is 16.0 Å². The van der Waals surface area contributed by atoms with E-state index in [1.165, 1.54) is 12.8 Å². The van der Waals surface area contributed by atoms with Crippen LogP contribution in [0.2, 0.25) is 0 Å². The Kier molecular flexibility index (Phi) is 6.98. The van der Waals surface area contributed by atoms with Crippen LogP contribution in [-0.4, -0.2) is 60.3 Å². The molecule has 1 aromatic heterocycles. The highest BCUT2D eigenvalue weighted by Gasteiger charge is 2.47. The van der Waals surface area contributed by atoms with Gasteiger partial charge in [0.25, 0.3) is 6.02 Å². The number of ether oxygens (including phenoxy) is 1. The zero-order valence-corrected chi connectivity index (χ0v) is 22.2. The number of nitrogens with one attached hydrogen (secondary N) is 1. The molecule has 0 aromatic carbocycles. The van der Waals surface area contributed by atoms with Crippen molar-refractivity contribution in [3.05, 3.63) is 53.1 Å². The third-order valence-electron chi connectivity index (χ3n) is 7.92. The van der Waals surface area contributed by atoms with E-state index in [2.05, 4.69) is 20.7 Å². The second kappa shape index (κ2) is 9.89. The Hall–Kier alpha value is -2.26. The number of piperidine rings is 1. The van der Waals surface area contributed by atoms with E-state index in [0.29, 0.717) is 24.3 Å². The quantitative estimate of drug-likeness (QED) is 0.607. The summed E-state index contributed by atoms with van der Waals surface area (Å²) in [6.45, 7) is 7.52. The molecular formula is C27H37FN4O3S. The molecule has 2 aliphatic carbocycles. The van der Waals surface area contributed by atoms with Gasteiger partial charge in [-0.1, -0.05) is 18.2 Å². The van der Waals surface area contributed by atoms with Crippen LogP contribution in [0.5, 0.6) is 0 Å². The SMILES string of the molecule is C[C@H](N=C1NS(=O)(=O)C(Cc2ccc(C3CCN(C4CC4)CC3)nc2)C(C)(C)O1)C1=C(F)CCC=C1. The molecule has 4 aliphatic rings. The maximum absolute atomic E-state index is 14.2. The first-order valence-electron chi connectivity index (χ1n) is 13.1. The smallest absolute Gasteiger partial charge is 0.299 e. The van der Waals surface area contributed by atoms with E-state index in [1.807, 2.05) is 18.3 Å². The van der Waals surface area contributed by atoms with Gasteiger partial charge in [0.2, 0.25) is 10.0 Å². The average molecular weight is 517 g/mol. The lowest BCUT2D eigenvalue weighted by atomic mass is 9.92. The molecule has 3 heterocycles. The van der Waals surface area contributed by atoms with E-state index in [4.69, 9.17) is 9.72 Å². The maximum atomic E-state index is 14.2. The number of nitrogens with zero attached hydrogens (tertiary/aromatic N) is 3. The Morgan fingerprint density at radius 3 is 2.61 bits per heavy atom. The van der Waals surface area contributed by atoms with Gasteiger partial charge in [-0.2, -0.15) is 0 Å². The van der Waals surface area contributed by atoms with E-state index < -0.39 is 26.9 Å². The highest BCUT2D eigenvalue weighted by molar-refractivity contribution is 7.90. The Morgan fingerprint density at radius 1 is 1.25 bits per heavy atom. The minimum Gasteiger partial charge on any atom is -0.457 e. The molecule has 5 rings (SSSR count). The third kappa shape index (κ3) is 5.52. The molecule has 1 N–H and O–H groups in total. The number of halogens is 1. The zero-order valence-electron chi connectivity index (χ0n) is 21.4. The van der Waals surface area contributed by atoms with Crippen molar-refractivity contribution in [1.82, 2.24) is 14.6 Å². The predicted octanol–water partition coefficient (Wildman–Crippen LogP) is 4.38. The van der Waals surface area contributed by atoms with Crippen LogP contribution in [0, 0.1) is 0 Å². The molecule has 1 aromatic rings. The monoisotopic (exact) mass is 516 g/mol. The van der Waals surface area contributed by atoms with Crippen molar-refractivity contribution in [1.29, 1.82) is 0 Å². The summed E-state index contributed by atoms with van der Waals surface area (Å²) in [5.41, 5.74) is 1.39. The molecule has 36 heavy (non-hydrogen) atoms. The van der Waals surface area contributed by atoms with Crippen LogP contribution in [0.15, 0.2) is 46.9 Å². The molecule has 1 unspecified atom stereocenters. The molecule has 0 spiro atoms. The van der Waals surface area contributed by atoms with Crippen molar-refractivity contribution in [3.8, 4) is 0 Å². The normalized spacial score (nSPS) is 28.6. The van der Waals surface area contributed by atoms with Crippen LogP contribution in [0.4, 0.5) is 4.39 Å². The standard InChI is InChI=1S/C27H37FN4O3S/c1-18(22-6-4-5-7-23(22)28)30-26-31-36(33,34)25(27(2,3)35-26)16-19-8-11-24(29-17-19)20-12-14-32(15-13-20)21-9-10-21/h4,6,8,11,17-18,20-21,25H,5,7,9-10,12-16H2,1-3H3,(H,30,31)/t18-,25?/m0/s1. The summed E-state index contributed by atoms with van der Waals surface area (Å²) < 4.78 is 49.2. The van der Waals surface area contributed by atoms with Crippen molar-refractivity contribution in [2.24, 2.45) is 4.99 Å². The van der Waals surface area contributed by atoms with Gasteiger partial charge < -0.3 is 9.64 Å². The van der Waals surface area contributed by atoms with E-state index in [1.54, 1.807) is 26.8 Å². The van der Waals surface area contributed by atoms with Crippen LogP contribution in [0.1, 0.15) is 76.5 Å². The molecule has 196 valence electrons. The minimum absolute atomic E-state index is 0.0889. The van der Waals surface area contributed by atoms with Gasteiger partial charge in [0.05, 0.1) is 6.04 Å². The highest BCUT2D eigenvalue weighted by atomic mass is 32.2. The van der Waals surface area contributed by atoms with Gasteiger partial charge >= 0.3 is 0 Å². The summed E-state index contributed by atoms with van der Waals surface area (Å²) in [7, 11) is -3.77. The van der Waals surface area contributed by atoms with Crippen LogP contribution < -0.4 is 4.72 Å². The number of aliphatic imine (C=N–C) groups is 1. The number of likely N-dealkylation sites (tertiary alicyclic amines) is 1. The Bertz CT molecular complexity index is 1160. The van der Waals surface area contributed by atoms with Crippen molar-refractivity contribution < 1.29 is 17.5 Å². The maximum Gasteiger partial charge on any atom is 0.299 e. The van der Waals surface area contributed by atoms with E-state index in [0.717, 1.165) is 43.2 Å². The highest BCUT2D eigenvalue weighted by Crippen LogP contribution is 2.34. The fraction of sp³-hybridized carbons (Fsp3) is 0.630. The molecule has 2 aliphatic heterocycles. The van der Waals surface area contributed by atoms with Crippen LogP contribution in [-0.2, 0) is 21.2 Å². The molecule has 2 saturated heterocycles. The lowest BCUT2D eigenvalue weighted by molar-refractivity contribution is 0.0764. The predicted molar refractivity (Wildman–Crippen MR) is 139 cm³/mol. The first-order chi connectivity index (χ1) is 17.1. The van der Waals surface area contributed by atoms with Gasteiger partial charge in [0.15, 0.2) is 0 Å². The lowest BCUT2D eigenvalue weighted by Crippen LogP contribution is -2.59. The van der Waals surface area contributed by atoms with E-state index in [-0.39, 0.29) is 18.3 Å². The number of allylic oxidation sites excluding steroid dienone is 2. The number of hydrogen-bond acceptors (Lipinski definition) is 6. The molecule has 1 saturated carbocycles. The fourth-order valence-electron chi connectivity index (χ4n) is 5.59. The molecule has 3 fully saturated rings. The fourth-order valence-corrected chi connectivity index (χ4v) is 7.28. The molecular weight excluding hydrogens is 479 g/mol. The molecule has 0 amide bonds. The zero-order chi connectivity index (χ0) is 25.5. The molecule has 7 nitrogen and oxygen atoms in total. The third-order valence-corrected chi connectivity index (χ3v) is 9.86. The van der Waals surface area contributed by atoms with E-state index >= 15 is 0 Å². The Labute approximate surface area is 214 Å². The molecule has 2 atom stereocenters. The second-order valence-electron chi connectivity index (χ2n) is 11.1. The van der Waals surface area contributed by atoms with Gasteiger partial charge in [-0.25, -0.2) is 22.5 Å². The van der Waals surface area contributed by atoms with Crippen molar-refractivity contribution in [2.75, 3.05) is 13.1 Å². The number of rotatable bonds is 6. The van der Waals surface area contributed by atoms with Crippen LogP contribution >= 0.6 is 0 Å². The number of pyridine rings is 1. The molecule has 0 bridgehead atoms. The summed E-state index contributed by atoms with van der Waals surface area (Å²) >= 11 is 0. The Balaban J connectivity index is 1.25. The summed E-state index contributed by atoms with van der Waals surface area (Å²) in [5.74, 6) is 0.253. The molecule has 0 radical (unpaired) electrons. The van der Waals surface area contributed by atoms with Gasteiger partial charge in [-0.3, -0.25) is 4.98 Å². The van der Waals surface area contributed by atoms with Crippen molar-refractivity contribution in [2.45, 2.75) is 94.6 Å². The number of aromatic nitrogens is 1. The Morgan fingerprint density at radius 2 is 2.00 bits per heavy atom. The van der Waals surface area contributed by atoms with E-state index in [9.17, 15) is 12.8 Å². The topological polar surface area (TPSA) is 83.9 Å². The first-order valence-corrected chi connectivity index (χ1v) is 14.7. The second-order valence-corrected chi connectivity index (χ2v) is 13.0. The summed E-state index contributed by atoms with van der Waals surface area (Å²) in [4.78, 5) is 11.7.